The molecule has 7 atom stereocenters. The molecule has 0 saturated carbocycles. The molecule has 0 aromatic heterocycles. The predicted molar refractivity (Wildman–Crippen MR) is 165 cm³/mol. The average Bonchev–Trinajstić information content (AvgIpc) is 3.56. The molecule has 1 N–H and O–H groups in total. The normalized spacial score (nSPS) is 29.2. The number of unbranched alkanes of at least 4 members (excludes halogenated alkanes) is 2. The molecule has 0 aliphatic carbocycles. The van der Waals surface area contributed by atoms with Crippen molar-refractivity contribution in [2.45, 2.75) is 89.5 Å². The van der Waals surface area contributed by atoms with Crippen LogP contribution in [0.5, 0.6) is 0 Å². The molecule has 0 radical (unpaired) electrons. The Morgan fingerprint density at radius 3 is 2.40 bits per heavy atom. The number of nitrogens with zero attached hydrogens (tertiary/aromatic N) is 3. The Morgan fingerprint density at radius 2 is 1.81 bits per heavy atom. The van der Waals surface area contributed by atoms with Gasteiger partial charge in [0.1, 0.15) is 11.6 Å². The van der Waals surface area contributed by atoms with Crippen LogP contribution in [0, 0.1) is 17.8 Å². The molecule has 42 heavy (non-hydrogen) atoms. The summed E-state index contributed by atoms with van der Waals surface area (Å²) in [6.45, 7) is 16.7. The van der Waals surface area contributed by atoms with Crippen molar-refractivity contribution in [3.63, 3.8) is 0 Å². The molecular weight excluding hydrogens is 530 g/mol. The van der Waals surface area contributed by atoms with Crippen LogP contribution < -0.4 is 4.90 Å². The van der Waals surface area contributed by atoms with Gasteiger partial charge in [-0.25, -0.2) is 0 Å². The largest absolute Gasteiger partial charge is 0.394 e. The van der Waals surface area contributed by atoms with Crippen molar-refractivity contribution >= 4 is 23.4 Å². The van der Waals surface area contributed by atoms with E-state index in [1.165, 1.54) is 0 Å². The summed E-state index contributed by atoms with van der Waals surface area (Å²) in [5, 5.41) is 10.6. The van der Waals surface area contributed by atoms with Gasteiger partial charge < -0.3 is 24.5 Å². The standard InChI is InChI=1S/C34H49N3O5/c1-7-11-15-22-35(20-8-2)32(41)29-34-19-18-33(6,42-34)27(28(34)31(40)37(29)26(23-38)24(5)10-4)30(39)36(21-9-3)25-16-13-12-14-17-25/h8-9,12-14,16-17,24,26-29,38H,2-3,7,10-11,15,18-23H2,1,4-6H3/t24-,26-,27+,28-,29?,33-,34?/m0/s1. The fourth-order valence-electron chi connectivity index (χ4n) is 7.59. The Morgan fingerprint density at radius 1 is 1.12 bits per heavy atom. The van der Waals surface area contributed by atoms with Crippen molar-refractivity contribution < 1.29 is 24.2 Å². The molecular formula is C34H49N3O5. The molecule has 2 unspecified atom stereocenters. The Bertz CT molecular complexity index is 1160. The first-order chi connectivity index (χ1) is 20.1. The number of amides is 3. The lowest BCUT2D eigenvalue weighted by atomic mass is 9.66. The van der Waals surface area contributed by atoms with Gasteiger partial charge in [0.05, 0.1) is 30.1 Å². The lowest BCUT2D eigenvalue weighted by Gasteiger charge is -2.41. The number of ether oxygens (including phenoxy) is 1. The molecule has 8 heteroatoms. The van der Waals surface area contributed by atoms with Crippen molar-refractivity contribution in [3.05, 3.63) is 55.6 Å². The van der Waals surface area contributed by atoms with E-state index in [0.29, 0.717) is 25.9 Å². The van der Waals surface area contributed by atoms with Crippen LogP contribution in [0.15, 0.2) is 55.6 Å². The van der Waals surface area contributed by atoms with E-state index in [2.05, 4.69) is 20.1 Å². The number of rotatable bonds is 15. The fraction of sp³-hybridized carbons (Fsp3) is 0.618. The summed E-state index contributed by atoms with van der Waals surface area (Å²) >= 11 is 0. The van der Waals surface area contributed by atoms with Crippen molar-refractivity contribution in [2.24, 2.45) is 17.8 Å². The number of hydrogen-bond donors (Lipinski definition) is 1. The minimum atomic E-state index is -1.15. The van der Waals surface area contributed by atoms with E-state index < -0.39 is 35.1 Å². The van der Waals surface area contributed by atoms with Gasteiger partial charge in [-0.05, 0) is 44.2 Å². The molecule has 1 aromatic carbocycles. The Balaban J connectivity index is 1.82. The molecule has 3 saturated heterocycles. The van der Waals surface area contributed by atoms with Crippen LogP contribution in [0.3, 0.4) is 0 Å². The molecule has 2 bridgehead atoms. The maximum Gasteiger partial charge on any atom is 0.248 e. The van der Waals surface area contributed by atoms with Gasteiger partial charge in [0, 0.05) is 25.3 Å². The van der Waals surface area contributed by atoms with Gasteiger partial charge in [-0.15, -0.1) is 13.2 Å². The number of anilines is 1. The Hall–Kier alpha value is -2.97. The van der Waals surface area contributed by atoms with E-state index >= 15 is 0 Å². The third-order valence-electron chi connectivity index (χ3n) is 9.90. The van der Waals surface area contributed by atoms with Gasteiger partial charge in [0.2, 0.25) is 17.7 Å². The van der Waals surface area contributed by atoms with Crippen LogP contribution in [0.4, 0.5) is 5.69 Å². The van der Waals surface area contributed by atoms with Gasteiger partial charge in [0.25, 0.3) is 0 Å². The predicted octanol–water partition coefficient (Wildman–Crippen LogP) is 4.58. The zero-order valence-corrected chi connectivity index (χ0v) is 25.8. The van der Waals surface area contributed by atoms with Gasteiger partial charge in [-0.3, -0.25) is 14.4 Å². The SMILES string of the molecule is C=CCN(CCCCC)C(=O)C1N([C@@H](CO)[C@@H](C)CC)C(=O)[C@@H]2[C@H](C(=O)N(CC=C)c3ccccc3)[C@]3(C)CCC12O3. The molecule has 3 fully saturated rings. The van der Waals surface area contributed by atoms with Gasteiger partial charge in [-0.1, -0.05) is 70.4 Å². The quantitative estimate of drug-likeness (QED) is 0.243. The molecule has 1 spiro atoms. The van der Waals surface area contributed by atoms with Crippen LogP contribution in [-0.4, -0.2) is 82.2 Å². The number of hydrogen-bond acceptors (Lipinski definition) is 5. The molecule has 8 nitrogen and oxygen atoms in total. The van der Waals surface area contributed by atoms with Crippen LogP contribution in [-0.2, 0) is 19.1 Å². The minimum absolute atomic E-state index is 0.0547. The van der Waals surface area contributed by atoms with E-state index in [1.54, 1.807) is 26.9 Å². The highest BCUT2D eigenvalue weighted by molar-refractivity contribution is 6.03. The van der Waals surface area contributed by atoms with E-state index in [-0.39, 0.29) is 36.8 Å². The maximum atomic E-state index is 14.7. The first-order valence-corrected chi connectivity index (χ1v) is 15.7. The Labute approximate surface area is 251 Å². The Kier molecular flexibility index (Phi) is 9.99. The molecule has 4 rings (SSSR count). The van der Waals surface area contributed by atoms with Crippen molar-refractivity contribution in [1.82, 2.24) is 9.80 Å². The summed E-state index contributed by atoms with van der Waals surface area (Å²) in [6, 6.07) is 7.90. The van der Waals surface area contributed by atoms with Gasteiger partial charge in [-0.2, -0.15) is 0 Å². The van der Waals surface area contributed by atoms with Crippen LogP contribution in [0.2, 0.25) is 0 Å². The van der Waals surface area contributed by atoms with Crippen molar-refractivity contribution in [2.75, 3.05) is 31.1 Å². The summed E-state index contributed by atoms with van der Waals surface area (Å²) in [6.07, 6.45) is 8.03. The van der Waals surface area contributed by atoms with E-state index in [1.807, 2.05) is 51.1 Å². The van der Waals surface area contributed by atoms with E-state index in [9.17, 15) is 19.5 Å². The zero-order chi connectivity index (χ0) is 30.7. The summed E-state index contributed by atoms with van der Waals surface area (Å²) in [4.78, 5) is 48.8. The summed E-state index contributed by atoms with van der Waals surface area (Å²) in [5.74, 6) is -2.32. The number of aliphatic hydroxyl groups excluding tert-OH is 1. The molecule has 3 heterocycles. The van der Waals surface area contributed by atoms with Crippen molar-refractivity contribution in [1.29, 1.82) is 0 Å². The monoisotopic (exact) mass is 579 g/mol. The highest BCUT2D eigenvalue weighted by atomic mass is 16.5. The number of fused-ring (bicyclic) bond motifs is 1. The highest BCUT2D eigenvalue weighted by Crippen LogP contribution is 2.64. The third kappa shape index (κ3) is 5.32. The first-order valence-electron chi connectivity index (χ1n) is 15.7. The number of carbonyl (C=O) groups is 3. The molecule has 230 valence electrons. The number of benzene rings is 1. The smallest absolute Gasteiger partial charge is 0.248 e. The second-order valence-electron chi connectivity index (χ2n) is 12.5. The van der Waals surface area contributed by atoms with Crippen LogP contribution >= 0.6 is 0 Å². The van der Waals surface area contributed by atoms with Gasteiger partial charge in [0.15, 0.2) is 0 Å². The summed E-state index contributed by atoms with van der Waals surface area (Å²) < 4.78 is 6.87. The number of carbonyl (C=O) groups excluding carboxylic acids is 3. The summed E-state index contributed by atoms with van der Waals surface area (Å²) in [5.41, 5.74) is -1.32. The first kappa shape index (κ1) is 32.0. The van der Waals surface area contributed by atoms with E-state index in [4.69, 9.17) is 4.74 Å². The molecule has 3 aliphatic rings. The van der Waals surface area contributed by atoms with Gasteiger partial charge >= 0.3 is 0 Å². The maximum absolute atomic E-state index is 14.7. The average molecular weight is 580 g/mol. The second-order valence-corrected chi connectivity index (χ2v) is 12.5. The van der Waals surface area contributed by atoms with Crippen molar-refractivity contribution in [3.8, 4) is 0 Å². The van der Waals surface area contributed by atoms with Crippen LogP contribution in [0.1, 0.15) is 66.2 Å². The second kappa shape index (κ2) is 13.1. The van der Waals surface area contributed by atoms with Crippen LogP contribution in [0.25, 0.3) is 0 Å². The zero-order valence-electron chi connectivity index (χ0n) is 25.8. The molecule has 3 amide bonds. The lowest BCUT2D eigenvalue weighted by molar-refractivity contribution is -0.156. The minimum Gasteiger partial charge on any atom is -0.394 e. The fourth-order valence-corrected chi connectivity index (χ4v) is 7.59. The summed E-state index contributed by atoms with van der Waals surface area (Å²) in [7, 11) is 0. The highest BCUT2D eigenvalue weighted by Gasteiger charge is 2.79. The number of likely N-dealkylation sites (tertiary alicyclic amines) is 1. The number of aliphatic hydroxyl groups is 1. The third-order valence-corrected chi connectivity index (χ3v) is 9.90. The number of para-hydroxylation sites is 1. The molecule has 1 aromatic rings. The topological polar surface area (TPSA) is 90.4 Å². The lowest BCUT2D eigenvalue weighted by Crippen LogP contribution is -2.60. The molecule has 3 aliphatic heterocycles. The van der Waals surface area contributed by atoms with E-state index in [0.717, 1.165) is 31.4 Å².